The third-order valence-electron chi connectivity index (χ3n) is 1.51. The summed E-state index contributed by atoms with van der Waals surface area (Å²) in [5.74, 6) is 0. The number of aliphatic hydroxyl groups excluding tert-OH is 6. The largest absolute Gasteiger partial charge is 0.394 e. The first kappa shape index (κ1) is 19.4. The van der Waals surface area contributed by atoms with Gasteiger partial charge in [-0.15, -0.1) is 0 Å². The summed E-state index contributed by atoms with van der Waals surface area (Å²) in [6.45, 7) is -1.45. The van der Waals surface area contributed by atoms with E-state index in [-0.39, 0.29) is 0 Å². The van der Waals surface area contributed by atoms with E-state index in [1.807, 2.05) is 0 Å². The Morgan fingerprint density at radius 3 is 1.18 bits per heavy atom. The molecule has 0 rings (SSSR count). The molecule has 4 unspecified atom stereocenters. The Hall–Kier alpha value is 0.0500. The first-order valence-electron chi connectivity index (χ1n) is 4.18. The molecule has 0 aliphatic carbocycles. The molecular weight excluding hydrogens is 280 g/mol. The van der Waals surface area contributed by atoms with Gasteiger partial charge in [0.15, 0.2) is 0 Å². The van der Waals surface area contributed by atoms with Crippen LogP contribution in [0.2, 0.25) is 0 Å². The lowest BCUT2D eigenvalue weighted by molar-refractivity contribution is -0.123. The lowest BCUT2D eigenvalue weighted by Gasteiger charge is -2.24. The molecule has 11 heteroatoms. The van der Waals surface area contributed by atoms with Gasteiger partial charge >= 0.3 is 0 Å². The molecule has 4 atom stereocenters. The zero-order valence-electron chi connectivity index (χ0n) is 8.53. The molecule has 17 heavy (non-hydrogen) atoms. The molecular formula is C6H16O9S2. The van der Waals surface area contributed by atoms with Crippen LogP contribution in [0.25, 0.3) is 0 Å². The van der Waals surface area contributed by atoms with Crippen molar-refractivity contribution in [1.29, 1.82) is 0 Å². The van der Waals surface area contributed by atoms with Crippen LogP contribution >= 0.6 is 0 Å². The van der Waals surface area contributed by atoms with E-state index in [1.54, 1.807) is 0 Å². The molecule has 0 bridgehead atoms. The van der Waals surface area contributed by atoms with E-state index in [2.05, 4.69) is 11.2 Å². The Kier molecular flexibility index (Phi) is 10.3. The molecule has 0 spiro atoms. The second-order valence-electron chi connectivity index (χ2n) is 2.93. The maximum Gasteiger partial charge on any atom is 0.263 e. The van der Waals surface area contributed by atoms with Gasteiger partial charge in [-0.3, -0.25) is 9.11 Å². The van der Waals surface area contributed by atoms with Gasteiger partial charge in [0, 0.05) is 11.2 Å². The number of hydrogen-bond acceptors (Lipinski definition) is 8. The molecule has 0 heterocycles. The van der Waals surface area contributed by atoms with Gasteiger partial charge in [-0.1, -0.05) is 0 Å². The summed E-state index contributed by atoms with van der Waals surface area (Å²) in [4.78, 5) is 0. The molecule has 0 aromatic heterocycles. The number of hydrogen-bond donors (Lipinski definition) is 8. The SMILES string of the molecule is O=S(O)(O)=S.OCC(O)C(O)C(O)C(O)CO. The van der Waals surface area contributed by atoms with Crippen LogP contribution in [-0.4, -0.2) is 81.6 Å². The summed E-state index contributed by atoms with van der Waals surface area (Å²) < 4.78 is 24.0. The van der Waals surface area contributed by atoms with E-state index in [0.29, 0.717) is 0 Å². The van der Waals surface area contributed by atoms with E-state index in [0.717, 1.165) is 0 Å². The quantitative estimate of drug-likeness (QED) is 0.250. The minimum Gasteiger partial charge on any atom is -0.394 e. The third kappa shape index (κ3) is 12.3. The van der Waals surface area contributed by atoms with Gasteiger partial charge < -0.3 is 30.6 Å². The average molecular weight is 296 g/mol. The molecule has 0 saturated heterocycles. The summed E-state index contributed by atoms with van der Waals surface area (Å²) in [5.41, 5.74) is 0. The smallest absolute Gasteiger partial charge is 0.263 e. The van der Waals surface area contributed by atoms with E-state index < -0.39 is 46.7 Å². The van der Waals surface area contributed by atoms with E-state index >= 15 is 0 Å². The highest BCUT2D eigenvalue weighted by molar-refractivity contribution is 8.26. The Morgan fingerprint density at radius 2 is 1.06 bits per heavy atom. The van der Waals surface area contributed by atoms with E-state index in [9.17, 15) is 0 Å². The summed E-state index contributed by atoms with van der Waals surface area (Å²) in [6.07, 6.45) is -6.39. The highest BCUT2D eigenvalue weighted by Gasteiger charge is 2.29. The van der Waals surface area contributed by atoms with Crippen molar-refractivity contribution in [3.05, 3.63) is 0 Å². The van der Waals surface area contributed by atoms with Gasteiger partial charge in [-0.05, 0) is 0 Å². The summed E-state index contributed by atoms with van der Waals surface area (Å²) in [6, 6.07) is 0. The van der Waals surface area contributed by atoms with Crippen LogP contribution in [0.4, 0.5) is 0 Å². The summed E-state index contributed by atoms with van der Waals surface area (Å²) in [5, 5.41) is 52.2. The van der Waals surface area contributed by atoms with Gasteiger partial charge in [0.05, 0.1) is 13.2 Å². The predicted molar refractivity (Wildman–Crippen MR) is 59.0 cm³/mol. The molecule has 106 valence electrons. The molecule has 8 N–H and O–H groups in total. The van der Waals surface area contributed by atoms with Crippen LogP contribution < -0.4 is 0 Å². The van der Waals surface area contributed by atoms with Crippen LogP contribution in [-0.2, 0) is 20.2 Å². The lowest BCUT2D eigenvalue weighted by atomic mass is 10.0. The standard InChI is InChI=1S/C6H14O6.H2O3S2/c7-1-3(9)5(11)6(12)4(10)2-8;1-5(2,3)4/h3-12H,1-2H2;(H2,1,2,3,4). The van der Waals surface area contributed by atoms with E-state index in [4.69, 9.17) is 44.0 Å². The minimum atomic E-state index is -3.83. The number of aliphatic hydroxyl groups is 6. The zero-order chi connectivity index (χ0) is 14.2. The van der Waals surface area contributed by atoms with Gasteiger partial charge in [-0.25, -0.2) is 0 Å². The van der Waals surface area contributed by atoms with Crippen molar-refractivity contribution >= 4 is 20.2 Å². The fourth-order valence-electron chi connectivity index (χ4n) is 0.671. The maximum absolute atomic E-state index is 9.11. The zero-order valence-corrected chi connectivity index (χ0v) is 10.2. The molecule has 0 aliphatic heterocycles. The first-order chi connectivity index (χ1) is 7.54. The summed E-state index contributed by atoms with van der Waals surface area (Å²) >= 11 is 3.47. The fraction of sp³-hybridized carbons (Fsp3) is 1.00. The Balaban J connectivity index is 0. The Bertz CT molecular complexity index is 257. The van der Waals surface area contributed by atoms with Gasteiger partial charge in [0.1, 0.15) is 24.4 Å². The molecule has 0 amide bonds. The van der Waals surface area contributed by atoms with Crippen molar-refractivity contribution in [3.8, 4) is 0 Å². The molecule has 0 aromatic carbocycles. The van der Waals surface area contributed by atoms with Gasteiger partial charge in [0.2, 0.25) is 0 Å². The average Bonchev–Trinajstić information content (AvgIpc) is 2.22. The first-order valence-corrected chi connectivity index (χ1v) is 6.58. The monoisotopic (exact) mass is 296 g/mol. The molecule has 0 radical (unpaired) electrons. The molecule has 9 nitrogen and oxygen atoms in total. The summed E-state index contributed by atoms with van der Waals surface area (Å²) in [7, 11) is -3.83. The van der Waals surface area contributed by atoms with Crippen LogP contribution in [0.1, 0.15) is 0 Å². The van der Waals surface area contributed by atoms with Crippen molar-refractivity contribution in [2.45, 2.75) is 24.4 Å². The molecule has 0 saturated carbocycles. The van der Waals surface area contributed by atoms with Gasteiger partial charge in [0.25, 0.3) is 9.05 Å². The van der Waals surface area contributed by atoms with Crippen LogP contribution in [0.5, 0.6) is 0 Å². The topological polar surface area (TPSA) is 179 Å². The minimum absolute atomic E-state index is 0.726. The third-order valence-corrected chi connectivity index (χ3v) is 1.51. The molecule has 0 fully saturated rings. The van der Waals surface area contributed by atoms with Crippen LogP contribution in [0.15, 0.2) is 0 Å². The fourth-order valence-corrected chi connectivity index (χ4v) is 0.671. The second-order valence-corrected chi connectivity index (χ2v) is 5.13. The maximum atomic E-state index is 9.11. The Labute approximate surface area is 102 Å². The Morgan fingerprint density at radius 1 is 0.882 bits per heavy atom. The van der Waals surface area contributed by atoms with Gasteiger partial charge in [-0.2, -0.15) is 4.21 Å². The van der Waals surface area contributed by atoms with Crippen molar-refractivity contribution in [3.63, 3.8) is 0 Å². The van der Waals surface area contributed by atoms with E-state index in [1.165, 1.54) is 0 Å². The van der Waals surface area contributed by atoms with Crippen LogP contribution in [0.3, 0.4) is 0 Å². The van der Waals surface area contributed by atoms with Crippen molar-refractivity contribution in [2.75, 3.05) is 13.2 Å². The number of rotatable bonds is 5. The van der Waals surface area contributed by atoms with Crippen molar-refractivity contribution in [1.82, 2.24) is 0 Å². The highest BCUT2D eigenvalue weighted by atomic mass is 32.9. The second kappa shape index (κ2) is 9.04. The predicted octanol–water partition coefficient (Wildman–Crippen LogP) is -3.91. The lowest BCUT2D eigenvalue weighted by Crippen LogP contribution is -2.46. The van der Waals surface area contributed by atoms with Crippen LogP contribution in [0, 0.1) is 0 Å². The highest BCUT2D eigenvalue weighted by Crippen LogP contribution is 2.03. The molecule has 0 aromatic rings. The van der Waals surface area contributed by atoms with Crippen molar-refractivity contribution in [2.24, 2.45) is 0 Å². The molecule has 0 aliphatic rings. The van der Waals surface area contributed by atoms with Crippen molar-refractivity contribution < 1.29 is 44.0 Å². The normalized spacial score (nSPS) is 18.6.